The SMILES string of the molecule is CCCCCCCCCCCCCCCc1cc(O)c(S(=O)(=O)O)cc1O.[H-].[K+]. The summed E-state index contributed by atoms with van der Waals surface area (Å²) < 4.78 is 31.2. The zero-order valence-corrected chi connectivity index (χ0v) is 21.6. The van der Waals surface area contributed by atoms with Crippen LogP contribution in [-0.2, 0) is 16.5 Å². The molecule has 0 radical (unpaired) electrons. The van der Waals surface area contributed by atoms with Crippen LogP contribution in [0.3, 0.4) is 0 Å². The summed E-state index contributed by atoms with van der Waals surface area (Å²) in [5.41, 5.74) is 0.503. The Morgan fingerprint density at radius 2 is 1.18 bits per heavy atom. The Labute approximate surface area is 215 Å². The van der Waals surface area contributed by atoms with Crippen molar-refractivity contribution in [3.63, 3.8) is 0 Å². The molecule has 0 fully saturated rings. The third-order valence-electron chi connectivity index (χ3n) is 4.99. The van der Waals surface area contributed by atoms with Gasteiger partial charge in [-0.1, -0.05) is 84.0 Å². The van der Waals surface area contributed by atoms with Crippen LogP contribution in [0, 0.1) is 0 Å². The van der Waals surface area contributed by atoms with E-state index in [0.717, 1.165) is 25.3 Å². The maximum Gasteiger partial charge on any atom is 1.00 e. The van der Waals surface area contributed by atoms with E-state index in [1.807, 2.05) is 0 Å². The molecule has 1 rings (SSSR count). The number of aryl methyl sites for hydroxylation is 1. The zero-order chi connectivity index (χ0) is 20.1. The van der Waals surface area contributed by atoms with Crippen molar-refractivity contribution in [3.8, 4) is 11.5 Å². The van der Waals surface area contributed by atoms with E-state index in [-0.39, 0.29) is 58.6 Å². The van der Waals surface area contributed by atoms with Crippen LogP contribution in [-0.4, -0.2) is 23.2 Å². The molecule has 7 heteroatoms. The number of aromatic hydroxyl groups is 2. The van der Waals surface area contributed by atoms with Crippen LogP contribution in [0.4, 0.5) is 0 Å². The Kier molecular flexibility index (Phi) is 16.3. The van der Waals surface area contributed by atoms with Crippen LogP contribution in [0.5, 0.6) is 11.5 Å². The van der Waals surface area contributed by atoms with E-state index < -0.39 is 20.8 Å². The number of phenols is 2. The van der Waals surface area contributed by atoms with Crippen molar-refractivity contribution in [2.75, 3.05) is 0 Å². The van der Waals surface area contributed by atoms with Crippen LogP contribution in [0.1, 0.15) is 97.4 Å². The molecule has 158 valence electrons. The van der Waals surface area contributed by atoms with Gasteiger partial charge in [-0.2, -0.15) is 8.42 Å². The van der Waals surface area contributed by atoms with Gasteiger partial charge in [0.1, 0.15) is 16.4 Å². The molecule has 5 nitrogen and oxygen atoms in total. The van der Waals surface area contributed by atoms with Gasteiger partial charge < -0.3 is 11.6 Å². The summed E-state index contributed by atoms with van der Waals surface area (Å²) in [7, 11) is -4.53. The van der Waals surface area contributed by atoms with Gasteiger partial charge in [-0.15, -0.1) is 0 Å². The number of benzene rings is 1. The van der Waals surface area contributed by atoms with Crippen molar-refractivity contribution < 1.29 is 76.0 Å². The van der Waals surface area contributed by atoms with Crippen molar-refractivity contribution in [1.29, 1.82) is 0 Å². The van der Waals surface area contributed by atoms with Crippen molar-refractivity contribution in [1.82, 2.24) is 0 Å². The predicted molar refractivity (Wildman–Crippen MR) is 110 cm³/mol. The normalized spacial score (nSPS) is 11.4. The van der Waals surface area contributed by atoms with Gasteiger partial charge in [-0.05, 0) is 24.5 Å². The maximum atomic E-state index is 11.1. The molecule has 0 aliphatic carbocycles. The minimum absolute atomic E-state index is 0. The van der Waals surface area contributed by atoms with Gasteiger partial charge in [0.2, 0.25) is 0 Å². The standard InChI is InChI=1S/C21H36O5S.K.H/c1-2-3-4-5-6-7-8-9-10-11-12-13-14-15-18-16-20(23)21(17-19(18)22)27(24,25)26;;/h16-17,22-23H,2-15H2,1H3,(H,24,25,26);;/q;+1;-1. The molecule has 0 spiro atoms. The molecule has 1 aromatic rings. The molecule has 0 aliphatic rings. The monoisotopic (exact) mass is 440 g/mol. The smallest absolute Gasteiger partial charge is 1.00 e. The molecule has 1 aromatic carbocycles. The van der Waals surface area contributed by atoms with Crippen molar-refractivity contribution in [2.24, 2.45) is 0 Å². The van der Waals surface area contributed by atoms with E-state index in [0.29, 0.717) is 12.0 Å². The number of hydrogen-bond acceptors (Lipinski definition) is 4. The molecule has 0 aliphatic heterocycles. The summed E-state index contributed by atoms with van der Waals surface area (Å²) in [6.07, 6.45) is 16.9. The van der Waals surface area contributed by atoms with E-state index >= 15 is 0 Å². The fourth-order valence-electron chi connectivity index (χ4n) is 3.34. The third kappa shape index (κ3) is 12.2. The Balaban J connectivity index is 0. The predicted octanol–water partition coefficient (Wildman–Crippen LogP) is 3.09. The van der Waals surface area contributed by atoms with Gasteiger partial charge in [-0.3, -0.25) is 4.55 Å². The minimum atomic E-state index is -4.53. The Hall–Kier alpha value is 0.366. The molecule has 3 N–H and O–H groups in total. The molecule has 0 amide bonds. The Bertz CT molecular complexity index is 653. The van der Waals surface area contributed by atoms with Crippen LogP contribution >= 0.6 is 0 Å². The third-order valence-corrected chi connectivity index (χ3v) is 5.87. The number of hydrogen-bond donors (Lipinski definition) is 3. The first-order chi connectivity index (χ1) is 12.9. The summed E-state index contributed by atoms with van der Waals surface area (Å²) in [5, 5.41) is 19.6. The van der Waals surface area contributed by atoms with Gasteiger partial charge in [0, 0.05) is 6.07 Å². The Morgan fingerprint density at radius 1 is 0.750 bits per heavy atom. The van der Waals surface area contributed by atoms with Crippen molar-refractivity contribution in [2.45, 2.75) is 102 Å². The van der Waals surface area contributed by atoms with Crippen molar-refractivity contribution in [3.05, 3.63) is 17.7 Å². The van der Waals surface area contributed by atoms with Crippen LogP contribution in [0.15, 0.2) is 17.0 Å². The van der Waals surface area contributed by atoms with Gasteiger partial charge in [0.25, 0.3) is 10.1 Å². The van der Waals surface area contributed by atoms with Gasteiger partial charge in [-0.25, -0.2) is 0 Å². The second-order valence-corrected chi connectivity index (χ2v) is 8.81. The number of unbranched alkanes of at least 4 members (excludes halogenated alkanes) is 12. The second kappa shape index (κ2) is 16.1. The molecule has 28 heavy (non-hydrogen) atoms. The average molecular weight is 441 g/mol. The first kappa shape index (κ1) is 28.4. The molecule has 0 bridgehead atoms. The molecule has 0 heterocycles. The molecule has 0 saturated heterocycles. The first-order valence-electron chi connectivity index (χ1n) is 10.4. The summed E-state index contributed by atoms with van der Waals surface area (Å²) >= 11 is 0. The van der Waals surface area contributed by atoms with E-state index in [4.69, 9.17) is 4.55 Å². The van der Waals surface area contributed by atoms with E-state index in [1.54, 1.807) is 0 Å². The summed E-state index contributed by atoms with van der Waals surface area (Å²) in [6, 6.07) is 2.13. The van der Waals surface area contributed by atoms with Gasteiger partial charge in [0.05, 0.1) is 0 Å². The largest absolute Gasteiger partial charge is 1.00 e. The fraction of sp³-hybridized carbons (Fsp3) is 0.714. The summed E-state index contributed by atoms with van der Waals surface area (Å²) in [6.45, 7) is 2.24. The average Bonchev–Trinajstić information content (AvgIpc) is 2.60. The Morgan fingerprint density at radius 3 is 1.61 bits per heavy atom. The van der Waals surface area contributed by atoms with E-state index in [9.17, 15) is 18.6 Å². The van der Waals surface area contributed by atoms with E-state index in [2.05, 4.69) is 6.92 Å². The fourth-order valence-corrected chi connectivity index (χ4v) is 3.92. The first-order valence-corrected chi connectivity index (χ1v) is 11.8. The second-order valence-electron chi connectivity index (χ2n) is 7.42. The molecule has 0 aromatic heterocycles. The topological polar surface area (TPSA) is 94.8 Å². The van der Waals surface area contributed by atoms with E-state index in [1.165, 1.54) is 70.3 Å². The summed E-state index contributed by atoms with van der Waals surface area (Å²) in [4.78, 5) is -0.658. The molecule has 0 unspecified atom stereocenters. The minimum Gasteiger partial charge on any atom is -1.00 e. The van der Waals surface area contributed by atoms with Crippen LogP contribution in [0.2, 0.25) is 0 Å². The quantitative estimate of drug-likeness (QED) is 0.169. The van der Waals surface area contributed by atoms with Crippen molar-refractivity contribution >= 4 is 10.1 Å². The van der Waals surface area contributed by atoms with Crippen LogP contribution < -0.4 is 51.4 Å². The van der Waals surface area contributed by atoms with Gasteiger partial charge >= 0.3 is 51.4 Å². The van der Waals surface area contributed by atoms with Crippen LogP contribution in [0.25, 0.3) is 0 Å². The number of phenolic OH excluding ortho intramolecular Hbond substituents is 2. The number of rotatable bonds is 15. The summed E-state index contributed by atoms with van der Waals surface area (Å²) in [5.74, 6) is -0.737. The zero-order valence-electron chi connectivity index (χ0n) is 18.6. The molecule has 0 atom stereocenters. The maximum absolute atomic E-state index is 11.1. The molecular weight excluding hydrogens is 403 g/mol. The van der Waals surface area contributed by atoms with Gasteiger partial charge in [0.15, 0.2) is 0 Å². The molecular formula is C21H37KO5S. The molecule has 0 saturated carbocycles.